The minimum absolute atomic E-state index is 0.0886. The lowest BCUT2D eigenvalue weighted by atomic mass is 10.1. The average Bonchev–Trinajstić information content (AvgIpc) is 2.94. The van der Waals surface area contributed by atoms with E-state index in [-0.39, 0.29) is 5.91 Å². The monoisotopic (exact) mass is 282 g/mol. The molecule has 0 unspecified atom stereocenters. The number of hydrogen-bond donors (Lipinski definition) is 2. The second-order valence-corrected chi connectivity index (χ2v) is 5.23. The Bertz CT molecular complexity index is 695. The van der Waals surface area contributed by atoms with Gasteiger partial charge in [0.05, 0.1) is 7.11 Å². The molecule has 2 N–H and O–H groups in total. The van der Waals surface area contributed by atoms with Crippen LogP contribution in [0.15, 0.2) is 36.4 Å². The number of rotatable bonds is 3. The number of amides is 1. The third kappa shape index (κ3) is 2.76. The van der Waals surface area contributed by atoms with Crippen molar-refractivity contribution in [2.75, 3.05) is 12.4 Å². The molecule has 0 bridgehead atoms. The molecule has 0 fully saturated rings. The first kappa shape index (κ1) is 13.6. The quantitative estimate of drug-likeness (QED) is 0.910. The molecule has 0 spiro atoms. The largest absolute Gasteiger partial charge is 0.496 e. The van der Waals surface area contributed by atoms with Crippen molar-refractivity contribution in [3.8, 4) is 5.75 Å². The summed E-state index contributed by atoms with van der Waals surface area (Å²) in [4.78, 5) is 12.3. The van der Waals surface area contributed by atoms with Gasteiger partial charge in [0.1, 0.15) is 5.75 Å². The highest BCUT2D eigenvalue weighted by molar-refractivity contribution is 6.04. The van der Waals surface area contributed by atoms with Crippen molar-refractivity contribution in [1.82, 2.24) is 5.32 Å². The van der Waals surface area contributed by atoms with Crippen LogP contribution < -0.4 is 15.4 Å². The number of aryl methyl sites for hydroxylation is 1. The number of hydrogen-bond acceptors (Lipinski definition) is 3. The topological polar surface area (TPSA) is 50.4 Å². The van der Waals surface area contributed by atoms with Crippen LogP contribution in [0.1, 0.15) is 27.0 Å². The van der Waals surface area contributed by atoms with E-state index in [0.29, 0.717) is 5.56 Å². The molecule has 1 aliphatic rings. The SMILES string of the molecule is COc1ccc(NC(=O)c2ccc3c(c2)CNC3)cc1C. The van der Waals surface area contributed by atoms with Crippen LogP contribution in [0.3, 0.4) is 0 Å². The highest BCUT2D eigenvalue weighted by Gasteiger charge is 2.13. The summed E-state index contributed by atoms with van der Waals surface area (Å²) < 4.78 is 5.22. The zero-order chi connectivity index (χ0) is 14.8. The number of fused-ring (bicyclic) bond motifs is 1. The van der Waals surface area contributed by atoms with E-state index in [1.807, 2.05) is 43.3 Å². The lowest BCUT2D eigenvalue weighted by Crippen LogP contribution is -2.12. The Balaban J connectivity index is 1.78. The van der Waals surface area contributed by atoms with Crippen LogP contribution in [-0.2, 0) is 13.1 Å². The molecule has 0 saturated carbocycles. The molecule has 21 heavy (non-hydrogen) atoms. The van der Waals surface area contributed by atoms with Gasteiger partial charge in [-0.25, -0.2) is 0 Å². The summed E-state index contributed by atoms with van der Waals surface area (Å²) in [5, 5.41) is 6.20. The minimum atomic E-state index is -0.0886. The second kappa shape index (κ2) is 5.58. The number of carbonyl (C=O) groups excluding carboxylic acids is 1. The Labute approximate surface area is 124 Å². The third-order valence-corrected chi connectivity index (χ3v) is 3.75. The number of methoxy groups -OCH3 is 1. The number of anilines is 1. The normalized spacial score (nSPS) is 12.9. The molecule has 0 atom stereocenters. The van der Waals surface area contributed by atoms with Crippen LogP contribution in [0.4, 0.5) is 5.69 Å². The Hall–Kier alpha value is -2.33. The fourth-order valence-electron chi connectivity index (χ4n) is 2.60. The zero-order valence-electron chi connectivity index (χ0n) is 12.2. The molecule has 4 heteroatoms. The van der Waals surface area contributed by atoms with Crippen molar-refractivity contribution < 1.29 is 9.53 Å². The molecule has 0 aromatic heterocycles. The van der Waals surface area contributed by atoms with Gasteiger partial charge in [-0.15, -0.1) is 0 Å². The van der Waals surface area contributed by atoms with E-state index in [1.54, 1.807) is 7.11 Å². The van der Waals surface area contributed by atoms with Gasteiger partial charge >= 0.3 is 0 Å². The van der Waals surface area contributed by atoms with Crippen molar-refractivity contribution >= 4 is 11.6 Å². The molecule has 2 aromatic rings. The van der Waals surface area contributed by atoms with E-state index in [0.717, 1.165) is 30.1 Å². The highest BCUT2D eigenvalue weighted by Crippen LogP contribution is 2.22. The minimum Gasteiger partial charge on any atom is -0.496 e. The molecule has 0 radical (unpaired) electrons. The van der Waals surface area contributed by atoms with E-state index < -0.39 is 0 Å². The van der Waals surface area contributed by atoms with Gasteiger partial charge in [0.15, 0.2) is 0 Å². The van der Waals surface area contributed by atoms with Crippen molar-refractivity contribution in [3.05, 3.63) is 58.7 Å². The Morgan fingerprint density at radius 3 is 2.71 bits per heavy atom. The zero-order valence-corrected chi connectivity index (χ0v) is 12.2. The molecule has 3 rings (SSSR count). The summed E-state index contributed by atoms with van der Waals surface area (Å²) in [7, 11) is 1.64. The summed E-state index contributed by atoms with van der Waals surface area (Å²) in [6.45, 7) is 3.67. The molecule has 1 amide bonds. The highest BCUT2D eigenvalue weighted by atomic mass is 16.5. The molecule has 0 saturated heterocycles. The standard InChI is InChI=1S/C17H18N2O2/c1-11-7-15(5-6-16(11)21-2)19-17(20)12-3-4-13-9-18-10-14(13)8-12/h3-8,18H,9-10H2,1-2H3,(H,19,20). The maximum atomic E-state index is 12.3. The number of benzene rings is 2. The summed E-state index contributed by atoms with van der Waals surface area (Å²) in [6, 6.07) is 11.5. The molecule has 4 nitrogen and oxygen atoms in total. The third-order valence-electron chi connectivity index (χ3n) is 3.75. The number of carbonyl (C=O) groups is 1. The van der Waals surface area contributed by atoms with Crippen LogP contribution in [0, 0.1) is 6.92 Å². The first-order valence-electron chi connectivity index (χ1n) is 6.96. The van der Waals surface area contributed by atoms with Gasteiger partial charge in [-0.05, 0) is 53.9 Å². The molecule has 2 aromatic carbocycles. The van der Waals surface area contributed by atoms with Crippen LogP contribution in [0.5, 0.6) is 5.75 Å². The fourth-order valence-corrected chi connectivity index (χ4v) is 2.60. The Morgan fingerprint density at radius 1 is 1.14 bits per heavy atom. The summed E-state index contributed by atoms with van der Waals surface area (Å²) in [5.41, 5.74) is 4.93. The van der Waals surface area contributed by atoms with Gasteiger partial charge in [-0.1, -0.05) is 6.07 Å². The maximum Gasteiger partial charge on any atom is 0.255 e. The first-order chi connectivity index (χ1) is 10.2. The smallest absolute Gasteiger partial charge is 0.255 e. The van der Waals surface area contributed by atoms with Crippen molar-refractivity contribution in [1.29, 1.82) is 0 Å². The molecule has 0 aliphatic carbocycles. The average molecular weight is 282 g/mol. The molecule has 108 valence electrons. The van der Waals surface area contributed by atoms with Gasteiger partial charge < -0.3 is 15.4 Å². The lowest BCUT2D eigenvalue weighted by Gasteiger charge is -2.09. The molecular weight excluding hydrogens is 264 g/mol. The lowest BCUT2D eigenvalue weighted by molar-refractivity contribution is 0.102. The van der Waals surface area contributed by atoms with E-state index in [4.69, 9.17) is 4.74 Å². The van der Waals surface area contributed by atoms with E-state index >= 15 is 0 Å². The predicted octanol–water partition coefficient (Wildman–Crippen LogP) is 2.86. The first-order valence-corrected chi connectivity index (χ1v) is 6.96. The van der Waals surface area contributed by atoms with Crippen LogP contribution in [0.2, 0.25) is 0 Å². The van der Waals surface area contributed by atoms with Crippen molar-refractivity contribution in [2.24, 2.45) is 0 Å². The summed E-state index contributed by atoms with van der Waals surface area (Å²) in [6.07, 6.45) is 0. The predicted molar refractivity (Wildman–Crippen MR) is 82.7 cm³/mol. The van der Waals surface area contributed by atoms with E-state index in [2.05, 4.69) is 10.6 Å². The van der Waals surface area contributed by atoms with Gasteiger partial charge in [-0.2, -0.15) is 0 Å². The van der Waals surface area contributed by atoms with Gasteiger partial charge in [0.2, 0.25) is 0 Å². The second-order valence-electron chi connectivity index (χ2n) is 5.23. The van der Waals surface area contributed by atoms with E-state index in [1.165, 1.54) is 11.1 Å². The van der Waals surface area contributed by atoms with Crippen LogP contribution >= 0.6 is 0 Å². The Kier molecular flexibility index (Phi) is 3.62. The van der Waals surface area contributed by atoms with Gasteiger partial charge in [0.25, 0.3) is 5.91 Å². The fraction of sp³-hybridized carbons (Fsp3) is 0.235. The van der Waals surface area contributed by atoms with Crippen molar-refractivity contribution in [3.63, 3.8) is 0 Å². The number of ether oxygens (including phenoxy) is 1. The summed E-state index contributed by atoms with van der Waals surface area (Å²) in [5.74, 6) is 0.728. The maximum absolute atomic E-state index is 12.3. The molecular formula is C17H18N2O2. The van der Waals surface area contributed by atoms with Crippen LogP contribution in [-0.4, -0.2) is 13.0 Å². The molecule has 1 aliphatic heterocycles. The van der Waals surface area contributed by atoms with Crippen molar-refractivity contribution in [2.45, 2.75) is 20.0 Å². The molecule has 1 heterocycles. The van der Waals surface area contributed by atoms with Crippen LogP contribution in [0.25, 0.3) is 0 Å². The Morgan fingerprint density at radius 2 is 1.95 bits per heavy atom. The summed E-state index contributed by atoms with van der Waals surface area (Å²) >= 11 is 0. The van der Waals surface area contributed by atoms with E-state index in [9.17, 15) is 4.79 Å². The number of nitrogens with one attached hydrogen (secondary N) is 2. The van der Waals surface area contributed by atoms with Gasteiger partial charge in [0, 0.05) is 24.3 Å². The van der Waals surface area contributed by atoms with Gasteiger partial charge in [-0.3, -0.25) is 4.79 Å².